The summed E-state index contributed by atoms with van der Waals surface area (Å²) in [6.45, 7) is 5.98. The topological polar surface area (TPSA) is 76.6 Å². The number of piperidine rings is 1. The molecule has 126 valence electrons. The molecule has 1 amide bonds. The summed E-state index contributed by atoms with van der Waals surface area (Å²) in [6, 6.07) is 0. The SMILES string of the molecule is Cc1nc(N2CCCCC2)ncc1C(=O)NC[C@H]1COCCO1. The van der Waals surface area contributed by atoms with Gasteiger partial charge in [-0.2, -0.15) is 0 Å². The van der Waals surface area contributed by atoms with Crippen LogP contribution in [0.1, 0.15) is 35.3 Å². The highest BCUT2D eigenvalue weighted by Gasteiger charge is 2.19. The molecule has 2 aliphatic rings. The number of nitrogens with zero attached hydrogens (tertiary/aromatic N) is 3. The molecular formula is C16H24N4O3. The molecule has 1 aromatic rings. The van der Waals surface area contributed by atoms with E-state index >= 15 is 0 Å². The van der Waals surface area contributed by atoms with Crippen LogP contribution < -0.4 is 10.2 Å². The molecule has 3 rings (SSSR count). The summed E-state index contributed by atoms with van der Waals surface area (Å²) in [4.78, 5) is 23.4. The summed E-state index contributed by atoms with van der Waals surface area (Å²) in [6.07, 6.45) is 5.16. The van der Waals surface area contributed by atoms with Gasteiger partial charge >= 0.3 is 0 Å². The minimum atomic E-state index is -0.165. The van der Waals surface area contributed by atoms with Crippen molar-refractivity contribution in [2.45, 2.75) is 32.3 Å². The second kappa shape index (κ2) is 7.70. The summed E-state index contributed by atoms with van der Waals surface area (Å²) >= 11 is 0. The molecule has 0 radical (unpaired) electrons. The fraction of sp³-hybridized carbons (Fsp3) is 0.688. The summed E-state index contributed by atoms with van der Waals surface area (Å²) < 4.78 is 10.8. The zero-order valence-electron chi connectivity index (χ0n) is 13.6. The molecule has 0 aromatic carbocycles. The first-order chi connectivity index (χ1) is 11.2. The lowest BCUT2D eigenvalue weighted by Crippen LogP contribution is -2.40. The smallest absolute Gasteiger partial charge is 0.254 e. The van der Waals surface area contributed by atoms with E-state index in [1.54, 1.807) is 6.20 Å². The van der Waals surface area contributed by atoms with E-state index in [2.05, 4.69) is 20.2 Å². The Balaban J connectivity index is 1.59. The lowest BCUT2D eigenvalue weighted by atomic mass is 10.1. The third-order valence-corrected chi connectivity index (χ3v) is 4.23. The standard InChI is InChI=1S/C16H24N4O3/c1-12-14(15(21)17-9-13-11-22-7-8-23-13)10-18-16(19-12)20-5-3-2-4-6-20/h10,13H,2-9,11H2,1H3,(H,17,21)/t13-/m0/s1. The quantitative estimate of drug-likeness (QED) is 0.889. The lowest BCUT2D eigenvalue weighted by molar-refractivity contribution is -0.0855. The Hall–Kier alpha value is -1.73. The summed E-state index contributed by atoms with van der Waals surface area (Å²) in [5.41, 5.74) is 1.22. The minimum Gasteiger partial charge on any atom is -0.376 e. The summed E-state index contributed by atoms with van der Waals surface area (Å²) in [5.74, 6) is 0.560. The maximum absolute atomic E-state index is 12.3. The molecule has 1 atom stereocenters. The van der Waals surface area contributed by atoms with Crippen molar-refractivity contribution in [2.75, 3.05) is 44.4 Å². The van der Waals surface area contributed by atoms with E-state index in [4.69, 9.17) is 9.47 Å². The van der Waals surface area contributed by atoms with Crippen molar-refractivity contribution in [3.63, 3.8) is 0 Å². The Morgan fingerprint density at radius 3 is 2.87 bits per heavy atom. The van der Waals surface area contributed by atoms with Crippen molar-refractivity contribution in [2.24, 2.45) is 0 Å². The zero-order valence-corrected chi connectivity index (χ0v) is 13.6. The Morgan fingerprint density at radius 2 is 2.17 bits per heavy atom. The Labute approximate surface area is 136 Å². The van der Waals surface area contributed by atoms with Crippen LogP contribution in [-0.4, -0.2) is 61.4 Å². The van der Waals surface area contributed by atoms with Gasteiger partial charge in [0.1, 0.15) is 0 Å². The van der Waals surface area contributed by atoms with Crippen molar-refractivity contribution in [1.82, 2.24) is 15.3 Å². The molecule has 3 heterocycles. The molecule has 0 saturated carbocycles. The van der Waals surface area contributed by atoms with Gasteiger partial charge in [-0.1, -0.05) is 0 Å². The Morgan fingerprint density at radius 1 is 1.35 bits per heavy atom. The number of carbonyl (C=O) groups is 1. The highest BCUT2D eigenvalue weighted by molar-refractivity contribution is 5.95. The van der Waals surface area contributed by atoms with Gasteiger partial charge in [0.25, 0.3) is 5.91 Å². The van der Waals surface area contributed by atoms with Gasteiger partial charge in [-0.3, -0.25) is 4.79 Å². The van der Waals surface area contributed by atoms with E-state index in [-0.39, 0.29) is 12.0 Å². The van der Waals surface area contributed by atoms with Crippen LogP contribution >= 0.6 is 0 Å². The first kappa shape index (κ1) is 16.1. The number of aryl methyl sites for hydroxylation is 1. The molecule has 0 spiro atoms. The monoisotopic (exact) mass is 320 g/mol. The number of aromatic nitrogens is 2. The van der Waals surface area contributed by atoms with Gasteiger partial charge in [0.15, 0.2) is 0 Å². The first-order valence-electron chi connectivity index (χ1n) is 8.30. The summed E-state index contributed by atoms with van der Waals surface area (Å²) in [7, 11) is 0. The van der Waals surface area contributed by atoms with Crippen molar-refractivity contribution >= 4 is 11.9 Å². The van der Waals surface area contributed by atoms with Crippen LogP contribution in [0, 0.1) is 6.92 Å². The Kier molecular flexibility index (Phi) is 5.40. The predicted molar refractivity (Wildman–Crippen MR) is 85.7 cm³/mol. The Bertz CT molecular complexity index is 540. The third-order valence-electron chi connectivity index (χ3n) is 4.23. The fourth-order valence-electron chi connectivity index (χ4n) is 2.88. The van der Waals surface area contributed by atoms with Crippen LogP contribution in [0.15, 0.2) is 6.20 Å². The van der Waals surface area contributed by atoms with Gasteiger partial charge in [-0.25, -0.2) is 9.97 Å². The van der Waals surface area contributed by atoms with E-state index in [1.165, 1.54) is 19.3 Å². The number of hydrogen-bond donors (Lipinski definition) is 1. The number of rotatable bonds is 4. The van der Waals surface area contributed by atoms with E-state index in [1.807, 2.05) is 6.92 Å². The molecule has 2 saturated heterocycles. The lowest BCUT2D eigenvalue weighted by Gasteiger charge is -2.27. The number of ether oxygens (including phenoxy) is 2. The molecule has 0 bridgehead atoms. The number of amides is 1. The van der Waals surface area contributed by atoms with E-state index in [0.29, 0.717) is 37.6 Å². The molecule has 0 aliphatic carbocycles. The van der Waals surface area contributed by atoms with Crippen LogP contribution in [0.5, 0.6) is 0 Å². The molecule has 7 nitrogen and oxygen atoms in total. The maximum Gasteiger partial charge on any atom is 0.254 e. The zero-order chi connectivity index (χ0) is 16.1. The second-order valence-corrected chi connectivity index (χ2v) is 5.99. The molecule has 7 heteroatoms. The summed E-state index contributed by atoms with van der Waals surface area (Å²) in [5, 5.41) is 2.87. The molecule has 1 aromatic heterocycles. The average molecular weight is 320 g/mol. The number of nitrogens with one attached hydrogen (secondary N) is 1. The van der Waals surface area contributed by atoms with Crippen LogP contribution in [0.4, 0.5) is 5.95 Å². The van der Waals surface area contributed by atoms with E-state index in [0.717, 1.165) is 19.0 Å². The molecule has 2 fully saturated rings. The second-order valence-electron chi connectivity index (χ2n) is 5.99. The maximum atomic E-state index is 12.3. The van der Waals surface area contributed by atoms with Gasteiger partial charge in [-0.05, 0) is 26.2 Å². The average Bonchev–Trinajstić information content (AvgIpc) is 2.61. The van der Waals surface area contributed by atoms with Gasteiger partial charge in [0, 0.05) is 25.8 Å². The fourth-order valence-corrected chi connectivity index (χ4v) is 2.88. The molecule has 1 N–H and O–H groups in total. The first-order valence-corrected chi connectivity index (χ1v) is 8.30. The van der Waals surface area contributed by atoms with Gasteiger partial charge in [0.05, 0.1) is 37.2 Å². The molecule has 23 heavy (non-hydrogen) atoms. The number of anilines is 1. The van der Waals surface area contributed by atoms with E-state index < -0.39 is 0 Å². The van der Waals surface area contributed by atoms with Crippen LogP contribution in [0.25, 0.3) is 0 Å². The molecule has 0 unspecified atom stereocenters. The van der Waals surface area contributed by atoms with Gasteiger partial charge < -0.3 is 19.7 Å². The van der Waals surface area contributed by atoms with Crippen LogP contribution in [0.3, 0.4) is 0 Å². The van der Waals surface area contributed by atoms with Gasteiger partial charge in [0.2, 0.25) is 5.95 Å². The van der Waals surface area contributed by atoms with Crippen molar-refractivity contribution in [3.05, 3.63) is 17.5 Å². The molecular weight excluding hydrogens is 296 g/mol. The van der Waals surface area contributed by atoms with Crippen molar-refractivity contribution in [3.8, 4) is 0 Å². The van der Waals surface area contributed by atoms with Gasteiger partial charge in [-0.15, -0.1) is 0 Å². The van der Waals surface area contributed by atoms with Crippen molar-refractivity contribution in [1.29, 1.82) is 0 Å². The van der Waals surface area contributed by atoms with Crippen LogP contribution in [0.2, 0.25) is 0 Å². The van der Waals surface area contributed by atoms with Crippen molar-refractivity contribution < 1.29 is 14.3 Å². The van der Waals surface area contributed by atoms with Crippen LogP contribution in [-0.2, 0) is 9.47 Å². The third kappa shape index (κ3) is 4.17. The van der Waals surface area contributed by atoms with E-state index in [9.17, 15) is 4.79 Å². The number of hydrogen-bond acceptors (Lipinski definition) is 6. The number of carbonyl (C=O) groups excluding carboxylic acids is 1. The highest BCUT2D eigenvalue weighted by Crippen LogP contribution is 2.16. The predicted octanol–water partition coefficient (Wildman–Crippen LogP) is 0.921. The largest absolute Gasteiger partial charge is 0.376 e. The molecule has 2 aliphatic heterocycles. The minimum absolute atomic E-state index is 0.0819. The highest BCUT2D eigenvalue weighted by atomic mass is 16.6. The normalized spacial score (nSPS) is 22.0.